The molecule has 1 saturated heterocycles. The molecule has 0 aromatic heterocycles. The van der Waals surface area contributed by atoms with Crippen molar-refractivity contribution in [3.63, 3.8) is 0 Å². The quantitative estimate of drug-likeness (QED) is 0.258. The van der Waals surface area contributed by atoms with Crippen LogP contribution >= 0.6 is 11.6 Å². The average Bonchev–Trinajstić information content (AvgIpc) is 2.85. The summed E-state index contributed by atoms with van der Waals surface area (Å²) in [5.41, 5.74) is 2.25. The second-order valence-corrected chi connectivity index (χ2v) is 9.73. The number of nitrogens with zero attached hydrogens (tertiary/aromatic N) is 4. The van der Waals surface area contributed by atoms with Crippen molar-refractivity contribution < 1.29 is 19.1 Å². The van der Waals surface area contributed by atoms with Crippen molar-refractivity contribution >= 4 is 35.3 Å². The molecule has 0 saturated carbocycles. The predicted octanol–water partition coefficient (Wildman–Crippen LogP) is 4.68. The minimum atomic E-state index is -1.02. The Labute approximate surface area is 220 Å². The van der Waals surface area contributed by atoms with Crippen molar-refractivity contribution in [2.75, 3.05) is 11.9 Å². The van der Waals surface area contributed by atoms with E-state index in [1.807, 2.05) is 26.8 Å². The zero-order chi connectivity index (χ0) is 27.3. The molecule has 1 unspecified atom stereocenters. The number of carbonyl (C=O) groups is 3. The third-order valence-electron chi connectivity index (χ3n) is 5.71. The molecule has 37 heavy (non-hydrogen) atoms. The van der Waals surface area contributed by atoms with Gasteiger partial charge in [-0.05, 0) is 68.1 Å². The van der Waals surface area contributed by atoms with Crippen molar-refractivity contribution in [3.8, 4) is 5.75 Å². The fourth-order valence-corrected chi connectivity index (χ4v) is 4.09. The first-order valence-corrected chi connectivity index (χ1v) is 12.2. The third-order valence-corrected chi connectivity index (χ3v) is 5.96. The van der Waals surface area contributed by atoms with Crippen LogP contribution in [0.15, 0.2) is 47.6 Å². The summed E-state index contributed by atoms with van der Waals surface area (Å²) < 4.78 is 5.79. The van der Waals surface area contributed by atoms with Gasteiger partial charge in [0.1, 0.15) is 5.75 Å². The zero-order valence-corrected chi connectivity index (χ0v) is 21.9. The number of ether oxygens (including phenoxy) is 1. The molecule has 1 fully saturated rings. The highest BCUT2D eigenvalue weighted by atomic mass is 35.5. The van der Waals surface area contributed by atoms with Gasteiger partial charge in [0.05, 0.1) is 12.6 Å². The van der Waals surface area contributed by atoms with Crippen molar-refractivity contribution in [2.24, 2.45) is 16.9 Å². The van der Waals surface area contributed by atoms with Crippen LogP contribution in [-0.4, -0.2) is 51.7 Å². The largest absolute Gasteiger partial charge is 0.491 e. The van der Waals surface area contributed by atoms with Gasteiger partial charge < -0.3 is 10.1 Å². The lowest BCUT2D eigenvalue weighted by molar-refractivity contribution is -0.118. The molecule has 2 atom stereocenters. The number of carbonyl (C=O) groups excluding carboxylic acids is 3. The lowest BCUT2D eigenvalue weighted by atomic mass is 10.1. The number of amides is 5. The molecule has 0 radical (unpaired) electrons. The number of nitrogens with two attached hydrogens (primary N) is 1. The number of imide groups is 1. The Morgan fingerprint density at radius 1 is 1.14 bits per heavy atom. The van der Waals surface area contributed by atoms with E-state index in [9.17, 15) is 19.3 Å². The molecule has 0 bridgehead atoms. The van der Waals surface area contributed by atoms with Crippen LogP contribution in [0.25, 0.3) is 0 Å². The Hall–Kier alpha value is -3.70. The highest BCUT2D eigenvalue weighted by Crippen LogP contribution is 2.27. The minimum absolute atomic E-state index is 0.00600. The minimum Gasteiger partial charge on any atom is -0.491 e. The summed E-state index contributed by atoms with van der Waals surface area (Å²) in [5.74, 6) is 5.60. The van der Waals surface area contributed by atoms with Crippen LogP contribution in [0.2, 0.25) is 5.02 Å². The molecule has 3 rings (SSSR count). The fraction of sp³-hybridized carbons (Fsp3) is 0.400. The molecule has 5 amide bonds. The molecular weight excluding hydrogens is 500 g/mol. The van der Waals surface area contributed by atoms with Gasteiger partial charge in [-0.15, -0.1) is 4.91 Å². The standard InChI is InChI=1S/C25H31ClN6O5/c1-15(2)37-21-10-9-20(12-17(21)4)28-23-30(14-18-5-7-19(26)8-6-18)24(34)31(25(35)32(23)27)13-16(3)11-22(33)29-36/h5-10,12,15-16,23,28H,11,13-14,27H2,1-4H3/t16-,23?/m1/s1. The highest BCUT2D eigenvalue weighted by molar-refractivity contribution is 6.30. The normalized spacial score (nSPS) is 16.7. The molecule has 3 N–H and O–H groups in total. The van der Waals surface area contributed by atoms with E-state index in [1.165, 1.54) is 4.90 Å². The average molecular weight is 531 g/mol. The summed E-state index contributed by atoms with van der Waals surface area (Å²) in [7, 11) is 0. The molecule has 2 aromatic carbocycles. The van der Waals surface area contributed by atoms with Crippen LogP contribution in [-0.2, 0) is 11.3 Å². The van der Waals surface area contributed by atoms with E-state index in [1.54, 1.807) is 43.3 Å². The Morgan fingerprint density at radius 2 is 1.81 bits per heavy atom. The van der Waals surface area contributed by atoms with Crippen molar-refractivity contribution in [3.05, 3.63) is 63.5 Å². The molecular formula is C25H31ClN6O5. The summed E-state index contributed by atoms with van der Waals surface area (Å²) in [6.45, 7) is 7.40. The lowest BCUT2D eigenvalue weighted by Gasteiger charge is -2.46. The first kappa shape index (κ1) is 27.9. The van der Waals surface area contributed by atoms with Crippen molar-refractivity contribution in [2.45, 2.75) is 53.1 Å². The smallest absolute Gasteiger partial charge is 0.345 e. The molecule has 1 aliphatic heterocycles. The second-order valence-electron chi connectivity index (χ2n) is 9.30. The van der Waals surface area contributed by atoms with E-state index in [2.05, 4.69) is 10.5 Å². The van der Waals surface area contributed by atoms with Gasteiger partial charge >= 0.3 is 12.1 Å². The number of hydrogen-bond acceptors (Lipinski definition) is 7. The summed E-state index contributed by atoms with van der Waals surface area (Å²) in [4.78, 5) is 51.0. The summed E-state index contributed by atoms with van der Waals surface area (Å²) in [6, 6.07) is 11.0. The van der Waals surface area contributed by atoms with Gasteiger partial charge in [0, 0.05) is 28.9 Å². The van der Waals surface area contributed by atoms with E-state index in [0.717, 1.165) is 26.8 Å². The Morgan fingerprint density at radius 3 is 2.41 bits per heavy atom. The van der Waals surface area contributed by atoms with Crippen molar-refractivity contribution in [1.82, 2.24) is 14.8 Å². The lowest BCUT2D eigenvalue weighted by Crippen LogP contribution is -2.70. The number of benzene rings is 2. The number of nitrogens with one attached hydrogen (secondary N) is 1. The topological polar surface area (TPSA) is 138 Å². The van der Waals surface area contributed by atoms with Gasteiger partial charge in [0.25, 0.3) is 5.91 Å². The molecule has 0 spiro atoms. The maximum Gasteiger partial charge on any atom is 0.345 e. The number of aryl methyl sites for hydroxylation is 1. The van der Waals surface area contributed by atoms with Crippen molar-refractivity contribution in [1.29, 1.82) is 0 Å². The van der Waals surface area contributed by atoms with Gasteiger partial charge in [0.2, 0.25) is 6.29 Å². The molecule has 1 aliphatic rings. The zero-order valence-electron chi connectivity index (χ0n) is 21.2. The third kappa shape index (κ3) is 6.95. The summed E-state index contributed by atoms with van der Waals surface area (Å²) in [6.07, 6.45) is -1.21. The number of urea groups is 2. The van der Waals surface area contributed by atoms with Crippen LogP contribution in [0.5, 0.6) is 5.75 Å². The maximum atomic E-state index is 13.6. The highest BCUT2D eigenvalue weighted by Gasteiger charge is 2.43. The van der Waals surface area contributed by atoms with Crippen LogP contribution in [0.1, 0.15) is 38.3 Å². The van der Waals surface area contributed by atoms with E-state index >= 15 is 0 Å². The van der Waals surface area contributed by atoms with Gasteiger partial charge in [-0.25, -0.2) is 25.3 Å². The predicted molar refractivity (Wildman–Crippen MR) is 139 cm³/mol. The van der Waals surface area contributed by atoms with E-state index in [4.69, 9.17) is 22.2 Å². The fourth-order valence-electron chi connectivity index (χ4n) is 3.97. The van der Waals surface area contributed by atoms with Crippen LogP contribution < -0.4 is 15.9 Å². The SMILES string of the molecule is Cc1cc(NC2N(N)C(=O)N(C[C@H](C)CC(=O)N=O)C(=O)N2Cc2ccc(Cl)cc2)ccc1OC(C)C. The van der Waals surface area contributed by atoms with Gasteiger partial charge in [-0.1, -0.05) is 30.7 Å². The number of anilines is 1. The molecule has 11 nitrogen and oxygen atoms in total. The number of hydrogen-bond donors (Lipinski definition) is 2. The first-order valence-electron chi connectivity index (χ1n) is 11.8. The Balaban J connectivity index is 1.90. The molecule has 198 valence electrons. The van der Waals surface area contributed by atoms with Gasteiger partial charge in [0.15, 0.2) is 0 Å². The molecule has 2 aromatic rings. The van der Waals surface area contributed by atoms with E-state index < -0.39 is 30.2 Å². The van der Waals surface area contributed by atoms with E-state index in [0.29, 0.717) is 10.7 Å². The summed E-state index contributed by atoms with van der Waals surface area (Å²) in [5, 5.41) is 7.04. The Kier molecular flexibility index (Phi) is 9.06. The second kappa shape index (κ2) is 12.0. The number of rotatable bonds is 10. The van der Waals surface area contributed by atoms with Gasteiger partial charge in [-0.2, -0.15) is 0 Å². The van der Waals surface area contributed by atoms with E-state index in [-0.39, 0.29) is 25.6 Å². The number of nitroso groups, excluding NO2 is 1. The first-order chi connectivity index (χ1) is 17.5. The molecule has 0 aliphatic carbocycles. The Bertz CT molecular complexity index is 1160. The molecule has 12 heteroatoms. The van der Waals surface area contributed by atoms with Crippen LogP contribution in [0.3, 0.4) is 0 Å². The number of hydrazine groups is 1. The van der Waals surface area contributed by atoms with Crippen LogP contribution in [0.4, 0.5) is 15.3 Å². The summed E-state index contributed by atoms with van der Waals surface area (Å²) >= 11 is 6.01. The monoisotopic (exact) mass is 530 g/mol. The maximum absolute atomic E-state index is 13.6. The molecule has 1 heterocycles. The number of halogens is 1. The van der Waals surface area contributed by atoms with Crippen LogP contribution in [0, 0.1) is 17.7 Å². The van der Waals surface area contributed by atoms with Gasteiger partial charge in [-0.3, -0.25) is 9.69 Å².